The highest BCUT2D eigenvalue weighted by Crippen LogP contribution is 2.54. The Hall–Kier alpha value is -2.99. The number of thiophene rings is 1. The van der Waals surface area contributed by atoms with Crippen molar-refractivity contribution in [3.8, 4) is 5.75 Å². The van der Waals surface area contributed by atoms with Crippen LogP contribution in [-0.2, 0) is 14.8 Å². The van der Waals surface area contributed by atoms with Gasteiger partial charge in [0.15, 0.2) is 0 Å². The SMILES string of the molecule is COc1cc(C)ccc1S(=O)(=O)N1CC2C(CN(C(=O)c3cccs3)c3ccc(N4CCOCC4)c(F)c3)C2C1. The second kappa shape index (κ2) is 10.8. The molecule has 2 unspecified atom stereocenters. The largest absolute Gasteiger partial charge is 0.495 e. The number of methoxy groups -OCH3 is 1. The van der Waals surface area contributed by atoms with Gasteiger partial charge in [0.25, 0.3) is 5.91 Å². The molecule has 0 N–H and O–H groups in total. The number of hydrogen-bond acceptors (Lipinski definition) is 7. The molecule has 0 bridgehead atoms. The van der Waals surface area contributed by atoms with Gasteiger partial charge in [0.2, 0.25) is 10.0 Å². The molecular formula is C29H32FN3O5S2. The zero-order valence-corrected chi connectivity index (χ0v) is 24.1. The summed E-state index contributed by atoms with van der Waals surface area (Å²) in [6.45, 7) is 5.42. The average Bonchev–Trinajstić information content (AvgIpc) is 3.34. The van der Waals surface area contributed by atoms with Crippen LogP contribution >= 0.6 is 11.3 Å². The molecule has 8 nitrogen and oxygen atoms in total. The number of morpholine rings is 1. The summed E-state index contributed by atoms with van der Waals surface area (Å²) in [6, 6.07) is 13.7. The number of nitrogens with zero attached hydrogens (tertiary/aromatic N) is 3. The molecule has 11 heteroatoms. The second-order valence-corrected chi connectivity index (χ2v) is 13.5. The van der Waals surface area contributed by atoms with Crippen LogP contribution in [0.1, 0.15) is 15.2 Å². The molecule has 2 aromatic carbocycles. The summed E-state index contributed by atoms with van der Waals surface area (Å²) < 4.78 is 54.5. The first-order valence-corrected chi connectivity index (χ1v) is 15.7. The Kier molecular flexibility index (Phi) is 7.32. The molecule has 1 amide bonds. The predicted octanol–water partition coefficient (Wildman–Crippen LogP) is 4.25. The first-order chi connectivity index (χ1) is 19.3. The van der Waals surface area contributed by atoms with Crippen molar-refractivity contribution in [2.75, 3.05) is 62.8 Å². The first-order valence-electron chi connectivity index (χ1n) is 13.4. The minimum Gasteiger partial charge on any atom is -0.495 e. The van der Waals surface area contributed by atoms with Crippen LogP contribution in [0.2, 0.25) is 0 Å². The van der Waals surface area contributed by atoms with Crippen LogP contribution in [0.5, 0.6) is 5.75 Å². The molecule has 2 saturated heterocycles. The van der Waals surface area contributed by atoms with Crippen LogP contribution < -0.4 is 14.5 Å². The van der Waals surface area contributed by atoms with Crippen LogP contribution in [0.4, 0.5) is 15.8 Å². The summed E-state index contributed by atoms with van der Waals surface area (Å²) in [6.07, 6.45) is 0. The van der Waals surface area contributed by atoms with Crippen molar-refractivity contribution >= 4 is 38.6 Å². The molecule has 3 aliphatic rings. The molecule has 1 aromatic heterocycles. The van der Waals surface area contributed by atoms with Gasteiger partial charge in [-0.15, -0.1) is 11.3 Å². The van der Waals surface area contributed by atoms with Gasteiger partial charge >= 0.3 is 0 Å². The lowest BCUT2D eigenvalue weighted by Crippen LogP contribution is -2.37. The topological polar surface area (TPSA) is 79.4 Å². The van der Waals surface area contributed by atoms with Gasteiger partial charge in [-0.05, 0) is 72.0 Å². The Morgan fingerprint density at radius 3 is 2.52 bits per heavy atom. The van der Waals surface area contributed by atoms with E-state index >= 15 is 4.39 Å². The fourth-order valence-electron chi connectivity index (χ4n) is 5.98. The number of sulfonamides is 1. The van der Waals surface area contributed by atoms with Crippen molar-refractivity contribution < 1.29 is 27.1 Å². The number of anilines is 2. The number of benzene rings is 2. The number of ether oxygens (including phenoxy) is 2. The van der Waals surface area contributed by atoms with E-state index in [0.29, 0.717) is 67.9 Å². The van der Waals surface area contributed by atoms with Crippen molar-refractivity contribution in [2.24, 2.45) is 17.8 Å². The Bertz CT molecular complexity index is 1500. The maximum Gasteiger partial charge on any atom is 0.268 e. The third-order valence-electron chi connectivity index (χ3n) is 8.24. The summed E-state index contributed by atoms with van der Waals surface area (Å²) in [7, 11) is -2.24. The number of carbonyl (C=O) groups excluding carboxylic acids is 1. The van der Waals surface area contributed by atoms with E-state index in [0.717, 1.165) is 5.56 Å². The fourth-order valence-corrected chi connectivity index (χ4v) is 8.30. The highest BCUT2D eigenvalue weighted by atomic mass is 32.2. The number of amides is 1. The first kappa shape index (κ1) is 27.2. The lowest BCUT2D eigenvalue weighted by molar-refractivity contribution is 0.0988. The van der Waals surface area contributed by atoms with Gasteiger partial charge in [-0.1, -0.05) is 12.1 Å². The van der Waals surface area contributed by atoms with Crippen molar-refractivity contribution in [3.63, 3.8) is 0 Å². The second-order valence-electron chi connectivity index (χ2n) is 10.6. The molecule has 6 rings (SSSR count). The average molecular weight is 586 g/mol. The number of halogens is 1. The fraction of sp³-hybridized carbons (Fsp3) is 0.414. The van der Waals surface area contributed by atoms with E-state index in [4.69, 9.17) is 9.47 Å². The van der Waals surface area contributed by atoms with Crippen LogP contribution in [0.15, 0.2) is 58.8 Å². The third kappa shape index (κ3) is 5.00. The van der Waals surface area contributed by atoms with E-state index in [-0.39, 0.29) is 34.4 Å². The van der Waals surface area contributed by atoms with E-state index in [1.54, 1.807) is 41.3 Å². The molecule has 1 saturated carbocycles. The Morgan fingerprint density at radius 2 is 1.88 bits per heavy atom. The predicted molar refractivity (Wildman–Crippen MR) is 152 cm³/mol. The normalized spacial score (nSPS) is 22.7. The number of hydrogen-bond donors (Lipinski definition) is 0. The van der Waals surface area contributed by atoms with E-state index in [9.17, 15) is 13.2 Å². The molecular weight excluding hydrogens is 553 g/mol. The summed E-state index contributed by atoms with van der Waals surface area (Å²) in [5, 5.41) is 1.85. The van der Waals surface area contributed by atoms with Crippen molar-refractivity contribution in [3.05, 3.63) is 70.2 Å². The molecule has 40 heavy (non-hydrogen) atoms. The highest BCUT2D eigenvalue weighted by molar-refractivity contribution is 7.89. The van der Waals surface area contributed by atoms with E-state index < -0.39 is 10.0 Å². The Morgan fingerprint density at radius 1 is 1.12 bits per heavy atom. The van der Waals surface area contributed by atoms with E-state index in [1.165, 1.54) is 28.8 Å². The number of fused-ring (bicyclic) bond motifs is 1. The Balaban J connectivity index is 1.20. The van der Waals surface area contributed by atoms with Crippen LogP contribution in [0.25, 0.3) is 0 Å². The number of aryl methyl sites for hydroxylation is 1. The number of carbonyl (C=O) groups is 1. The summed E-state index contributed by atoms with van der Waals surface area (Å²) >= 11 is 1.35. The van der Waals surface area contributed by atoms with Gasteiger partial charge in [0, 0.05) is 38.4 Å². The quantitative estimate of drug-likeness (QED) is 0.393. The molecule has 1 aliphatic carbocycles. The minimum absolute atomic E-state index is 0.136. The van der Waals surface area contributed by atoms with Gasteiger partial charge in [0.05, 0.1) is 30.9 Å². The zero-order valence-electron chi connectivity index (χ0n) is 22.5. The lowest BCUT2D eigenvalue weighted by atomic mass is 10.2. The lowest BCUT2D eigenvalue weighted by Gasteiger charge is -2.30. The van der Waals surface area contributed by atoms with Gasteiger partial charge < -0.3 is 19.3 Å². The molecule has 3 aromatic rings. The Labute approximate surface area is 238 Å². The molecule has 3 fully saturated rings. The summed E-state index contributed by atoms with van der Waals surface area (Å²) in [4.78, 5) is 17.9. The third-order valence-corrected chi connectivity index (χ3v) is 11.0. The van der Waals surface area contributed by atoms with Crippen molar-refractivity contribution in [2.45, 2.75) is 11.8 Å². The molecule has 0 radical (unpaired) electrons. The number of rotatable bonds is 8. The highest BCUT2D eigenvalue weighted by Gasteiger charge is 2.58. The van der Waals surface area contributed by atoms with Crippen molar-refractivity contribution in [1.82, 2.24) is 4.31 Å². The monoisotopic (exact) mass is 585 g/mol. The summed E-state index contributed by atoms with van der Waals surface area (Å²) in [5.74, 6) is 0.213. The van der Waals surface area contributed by atoms with Gasteiger partial charge in [-0.3, -0.25) is 4.79 Å². The van der Waals surface area contributed by atoms with Gasteiger partial charge in [-0.2, -0.15) is 4.31 Å². The van der Waals surface area contributed by atoms with Crippen LogP contribution in [0, 0.1) is 30.5 Å². The molecule has 212 valence electrons. The number of piperidine rings is 1. The molecule has 3 heterocycles. The van der Waals surface area contributed by atoms with Gasteiger partial charge in [-0.25, -0.2) is 12.8 Å². The maximum atomic E-state index is 15.3. The van der Waals surface area contributed by atoms with Crippen LogP contribution in [0.3, 0.4) is 0 Å². The zero-order chi connectivity index (χ0) is 28.0. The molecule has 0 spiro atoms. The van der Waals surface area contributed by atoms with Gasteiger partial charge in [0.1, 0.15) is 16.5 Å². The molecule has 2 atom stereocenters. The van der Waals surface area contributed by atoms with E-state index in [1.807, 2.05) is 23.3 Å². The summed E-state index contributed by atoms with van der Waals surface area (Å²) in [5.41, 5.74) is 1.93. The molecule has 2 aliphatic heterocycles. The standard InChI is InChI=1S/C29H32FN3O5S2/c1-19-5-8-28(26(14-19)37-2)40(35,36)32-16-21-22(17-32)23(21)18-33(29(34)27-4-3-13-39-27)20-6-7-25(24(30)15-20)31-9-11-38-12-10-31/h3-8,13-15,21-23H,9-12,16-18H2,1-2H3. The minimum atomic E-state index is -3.71. The van der Waals surface area contributed by atoms with Crippen LogP contribution in [-0.4, -0.2) is 71.7 Å². The van der Waals surface area contributed by atoms with Crippen molar-refractivity contribution in [1.29, 1.82) is 0 Å². The van der Waals surface area contributed by atoms with E-state index in [2.05, 4.69) is 0 Å². The maximum absolute atomic E-state index is 15.3. The smallest absolute Gasteiger partial charge is 0.268 e.